The van der Waals surface area contributed by atoms with Gasteiger partial charge in [-0.3, -0.25) is 9.78 Å². The predicted molar refractivity (Wildman–Crippen MR) is 81.2 cm³/mol. The zero-order valence-corrected chi connectivity index (χ0v) is 11.1. The Labute approximate surface area is 121 Å². The van der Waals surface area contributed by atoms with Crippen molar-refractivity contribution in [1.29, 1.82) is 0 Å². The van der Waals surface area contributed by atoms with Gasteiger partial charge in [0.1, 0.15) is 5.75 Å². The maximum absolute atomic E-state index is 11.5. The van der Waals surface area contributed by atoms with Crippen molar-refractivity contribution in [3.8, 4) is 11.5 Å². The van der Waals surface area contributed by atoms with Crippen LogP contribution in [0.15, 0.2) is 54.7 Å². The highest BCUT2D eigenvalue weighted by atomic mass is 16.5. The van der Waals surface area contributed by atoms with Crippen LogP contribution in [-0.2, 0) is 0 Å². The molecule has 0 aliphatic carbocycles. The molecule has 0 aliphatic rings. The Morgan fingerprint density at radius 3 is 2.76 bits per heavy atom. The summed E-state index contributed by atoms with van der Waals surface area (Å²) < 4.78 is 5.74. The number of anilines is 1. The molecule has 2 aromatic carbocycles. The summed E-state index contributed by atoms with van der Waals surface area (Å²) in [5, 5.41) is 1.00. The molecule has 0 unspecified atom stereocenters. The summed E-state index contributed by atoms with van der Waals surface area (Å²) in [6.07, 6.45) is 1.71. The van der Waals surface area contributed by atoms with E-state index >= 15 is 0 Å². The highest BCUT2D eigenvalue weighted by molar-refractivity contribution is 5.97. The van der Waals surface area contributed by atoms with Gasteiger partial charge in [0.2, 0.25) is 0 Å². The quantitative estimate of drug-likeness (QED) is 0.721. The molecule has 0 aliphatic heterocycles. The second kappa shape index (κ2) is 5.13. The Morgan fingerprint density at radius 2 is 1.95 bits per heavy atom. The largest absolute Gasteiger partial charge is 0.454 e. The zero-order chi connectivity index (χ0) is 14.8. The molecule has 5 nitrogen and oxygen atoms in total. The molecule has 5 heteroatoms. The molecule has 4 N–H and O–H groups in total. The first-order chi connectivity index (χ1) is 10.1. The molecule has 0 spiro atoms. The van der Waals surface area contributed by atoms with Gasteiger partial charge in [-0.25, -0.2) is 0 Å². The van der Waals surface area contributed by atoms with Gasteiger partial charge in [0.05, 0.1) is 16.8 Å². The van der Waals surface area contributed by atoms with Crippen molar-refractivity contribution in [3.63, 3.8) is 0 Å². The van der Waals surface area contributed by atoms with Gasteiger partial charge in [-0.1, -0.05) is 12.1 Å². The van der Waals surface area contributed by atoms with Crippen molar-refractivity contribution < 1.29 is 9.53 Å². The van der Waals surface area contributed by atoms with Crippen LogP contribution in [0.4, 0.5) is 5.69 Å². The SMILES string of the molecule is NC(=O)c1cccc(N)c1Oc1ccc2cccnc2c1. The van der Waals surface area contributed by atoms with Gasteiger partial charge in [-0.2, -0.15) is 0 Å². The summed E-state index contributed by atoms with van der Waals surface area (Å²) >= 11 is 0. The molecule has 0 atom stereocenters. The van der Waals surface area contributed by atoms with Crippen LogP contribution >= 0.6 is 0 Å². The Hall–Kier alpha value is -3.08. The monoisotopic (exact) mass is 279 g/mol. The maximum Gasteiger partial charge on any atom is 0.252 e. The fourth-order valence-electron chi connectivity index (χ4n) is 2.09. The third kappa shape index (κ3) is 2.49. The average molecular weight is 279 g/mol. The lowest BCUT2D eigenvalue weighted by molar-refractivity contribution is 0.0998. The van der Waals surface area contributed by atoms with E-state index in [1.54, 1.807) is 36.5 Å². The van der Waals surface area contributed by atoms with Crippen LogP contribution in [0.2, 0.25) is 0 Å². The number of pyridine rings is 1. The van der Waals surface area contributed by atoms with Gasteiger partial charge in [0.15, 0.2) is 5.75 Å². The van der Waals surface area contributed by atoms with Crippen LogP contribution in [0.3, 0.4) is 0 Å². The first-order valence-electron chi connectivity index (χ1n) is 6.36. The molecule has 0 saturated carbocycles. The van der Waals surface area contributed by atoms with Gasteiger partial charge in [-0.15, -0.1) is 0 Å². The molecule has 3 aromatic rings. The molecule has 0 saturated heterocycles. The number of hydrogen-bond donors (Lipinski definition) is 2. The highest BCUT2D eigenvalue weighted by Crippen LogP contribution is 2.32. The molecule has 104 valence electrons. The van der Waals surface area contributed by atoms with Crippen molar-refractivity contribution in [3.05, 3.63) is 60.3 Å². The van der Waals surface area contributed by atoms with E-state index in [2.05, 4.69) is 4.98 Å². The van der Waals surface area contributed by atoms with Crippen molar-refractivity contribution in [1.82, 2.24) is 4.98 Å². The fourth-order valence-corrected chi connectivity index (χ4v) is 2.09. The Balaban J connectivity index is 2.04. The summed E-state index contributed by atoms with van der Waals surface area (Å²) in [6.45, 7) is 0. The fraction of sp³-hybridized carbons (Fsp3) is 0. The minimum atomic E-state index is -0.587. The number of carbonyl (C=O) groups excluding carboxylic acids is 1. The maximum atomic E-state index is 11.5. The predicted octanol–water partition coefficient (Wildman–Crippen LogP) is 2.71. The number of fused-ring (bicyclic) bond motifs is 1. The van der Waals surface area contributed by atoms with E-state index in [0.29, 0.717) is 11.4 Å². The summed E-state index contributed by atoms with van der Waals surface area (Å²) in [7, 11) is 0. The number of nitrogens with zero attached hydrogens (tertiary/aromatic N) is 1. The zero-order valence-electron chi connectivity index (χ0n) is 11.1. The van der Waals surface area contributed by atoms with E-state index in [9.17, 15) is 4.79 Å². The average Bonchev–Trinajstić information content (AvgIpc) is 2.49. The van der Waals surface area contributed by atoms with Crippen LogP contribution in [0.1, 0.15) is 10.4 Å². The summed E-state index contributed by atoms with van der Waals surface area (Å²) in [4.78, 5) is 15.7. The van der Waals surface area contributed by atoms with E-state index in [1.807, 2.05) is 18.2 Å². The normalized spacial score (nSPS) is 10.5. The van der Waals surface area contributed by atoms with Crippen LogP contribution in [0.5, 0.6) is 11.5 Å². The molecular formula is C16H13N3O2. The number of nitrogen functional groups attached to an aromatic ring is 1. The number of primary amides is 1. The van der Waals surface area contributed by atoms with Gasteiger partial charge in [0, 0.05) is 17.6 Å². The number of carbonyl (C=O) groups is 1. The second-order valence-electron chi connectivity index (χ2n) is 4.55. The van der Waals surface area contributed by atoms with Gasteiger partial charge in [0.25, 0.3) is 5.91 Å². The summed E-state index contributed by atoms with van der Waals surface area (Å²) in [5.74, 6) is 0.220. The van der Waals surface area contributed by atoms with Gasteiger partial charge in [-0.05, 0) is 30.3 Å². The first kappa shape index (κ1) is 12.9. The number of nitrogens with two attached hydrogens (primary N) is 2. The van der Waals surface area contributed by atoms with Crippen LogP contribution in [-0.4, -0.2) is 10.9 Å². The third-order valence-corrected chi connectivity index (χ3v) is 3.11. The van der Waals surface area contributed by atoms with Crippen molar-refractivity contribution in [2.45, 2.75) is 0 Å². The third-order valence-electron chi connectivity index (χ3n) is 3.11. The van der Waals surface area contributed by atoms with Gasteiger partial charge < -0.3 is 16.2 Å². The van der Waals surface area contributed by atoms with E-state index in [1.165, 1.54) is 0 Å². The number of benzene rings is 2. The minimum absolute atomic E-state index is 0.246. The van der Waals surface area contributed by atoms with Crippen LogP contribution < -0.4 is 16.2 Å². The Bertz CT molecular complexity index is 831. The topological polar surface area (TPSA) is 91.2 Å². The molecule has 0 bridgehead atoms. The molecule has 0 radical (unpaired) electrons. The lowest BCUT2D eigenvalue weighted by atomic mass is 10.1. The molecule has 1 heterocycles. The minimum Gasteiger partial charge on any atom is -0.454 e. The number of para-hydroxylation sites is 1. The van der Waals surface area contributed by atoms with Crippen molar-refractivity contribution in [2.24, 2.45) is 5.73 Å². The van der Waals surface area contributed by atoms with E-state index in [4.69, 9.17) is 16.2 Å². The highest BCUT2D eigenvalue weighted by Gasteiger charge is 2.13. The second-order valence-corrected chi connectivity index (χ2v) is 4.55. The first-order valence-corrected chi connectivity index (χ1v) is 6.36. The number of rotatable bonds is 3. The van der Waals surface area contributed by atoms with E-state index in [0.717, 1.165) is 10.9 Å². The van der Waals surface area contributed by atoms with E-state index < -0.39 is 5.91 Å². The number of aromatic nitrogens is 1. The molecule has 1 aromatic heterocycles. The Morgan fingerprint density at radius 1 is 1.10 bits per heavy atom. The standard InChI is InChI=1S/C16H13N3O2/c17-13-5-1-4-12(16(18)20)15(13)21-11-7-6-10-3-2-8-19-14(10)9-11/h1-9H,17H2,(H2,18,20). The molecule has 0 fully saturated rings. The van der Waals surface area contributed by atoms with Crippen LogP contribution in [0.25, 0.3) is 10.9 Å². The molecular weight excluding hydrogens is 266 g/mol. The van der Waals surface area contributed by atoms with Crippen molar-refractivity contribution >= 4 is 22.5 Å². The molecule has 21 heavy (non-hydrogen) atoms. The summed E-state index contributed by atoms with van der Waals surface area (Å²) in [6, 6.07) is 14.2. The molecule has 1 amide bonds. The van der Waals surface area contributed by atoms with Crippen LogP contribution in [0, 0.1) is 0 Å². The Kier molecular flexibility index (Phi) is 3.16. The summed E-state index contributed by atoms with van der Waals surface area (Å²) in [5.41, 5.74) is 12.6. The van der Waals surface area contributed by atoms with E-state index in [-0.39, 0.29) is 11.3 Å². The number of amides is 1. The number of hydrogen-bond acceptors (Lipinski definition) is 4. The number of ether oxygens (including phenoxy) is 1. The van der Waals surface area contributed by atoms with Gasteiger partial charge >= 0.3 is 0 Å². The smallest absolute Gasteiger partial charge is 0.252 e. The lowest BCUT2D eigenvalue weighted by Crippen LogP contribution is -2.13. The molecule has 3 rings (SSSR count). The van der Waals surface area contributed by atoms with Crippen molar-refractivity contribution in [2.75, 3.05) is 5.73 Å². The lowest BCUT2D eigenvalue weighted by Gasteiger charge is -2.12.